The molecule has 0 saturated heterocycles. The number of rotatable bonds is 0. The van der Waals surface area contributed by atoms with Gasteiger partial charge in [-0.1, -0.05) is 0 Å². The van der Waals surface area contributed by atoms with E-state index in [9.17, 15) is 0 Å². The predicted octanol–water partition coefficient (Wildman–Crippen LogP) is 1.89. The molecule has 0 spiro atoms. The van der Waals surface area contributed by atoms with Crippen molar-refractivity contribution in [3.05, 3.63) is 79.8 Å². The van der Waals surface area contributed by atoms with Crippen LogP contribution in [0.25, 0.3) is 0 Å². The summed E-state index contributed by atoms with van der Waals surface area (Å²) < 4.78 is 90.0. The van der Waals surface area contributed by atoms with Gasteiger partial charge in [0, 0.05) is 92.8 Å². The smallest absolute Gasteiger partial charge is 0 e. The van der Waals surface area contributed by atoms with Crippen LogP contribution in [-0.4, -0.2) is 0 Å². The normalized spacial score (nSPS) is 5.26. The molecular formula is C22H12Co4O12. The minimum atomic E-state index is 0. The van der Waals surface area contributed by atoms with Crippen LogP contribution in [-0.2, 0) is 123 Å². The molecule has 1 aliphatic rings. The summed E-state index contributed by atoms with van der Waals surface area (Å²) in [7, 11) is 0. The summed E-state index contributed by atoms with van der Waals surface area (Å²) in [6.07, 6.45) is 6.52. The van der Waals surface area contributed by atoms with Gasteiger partial charge in [-0.15, -0.1) is 23.7 Å². The van der Waals surface area contributed by atoms with Crippen LogP contribution in [0.2, 0.25) is 0 Å². The maximum absolute atomic E-state index is 7.50. The van der Waals surface area contributed by atoms with Gasteiger partial charge in [-0.3, -0.25) is 0 Å². The first-order valence-corrected chi connectivity index (χ1v) is 6.36. The first-order valence-electron chi connectivity index (χ1n) is 6.36. The second-order valence-electron chi connectivity index (χ2n) is 2.41. The van der Waals surface area contributed by atoms with E-state index in [1.54, 1.807) is 0 Å². The first-order chi connectivity index (χ1) is 17.0. The van der Waals surface area contributed by atoms with Crippen LogP contribution in [0.1, 0.15) is 38.5 Å². The van der Waals surface area contributed by atoms with Crippen molar-refractivity contribution in [2.75, 3.05) is 0 Å². The largest absolute Gasteiger partial charge is 0 e. The van der Waals surface area contributed by atoms with Crippen LogP contribution < -0.4 is 0 Å². The van der Waals surface area contributed by atoms with E-state index in [0.29, 0.717) is 0 Å². The van der Waals surface area contributed by atoms with Gasteiger partial charge >= 0.3 is 136 Å². The summed E-state index contributed by atoms with van der Waals surface area (Å²) in [5, 5.41) is 0. The van der Waals surface area contributed by atoms with Crippen molar-refractivity contribution in [2.24, 2.45) is 0 Å². The predicted molar refractivity (Wildman–Crippen MR) is 90.4 cm³/mol. The molecule has 4 radical (unpaired) electrons. The van der Waals surface area contributed by atoms with Gasteiger partial charge in [0.2, 0.25) is 0 Å². The monoisotopic (exact) mass is 704 g/mol. The van der Waals surface area contributed by atoms with E-state index in [4.69, 9.17) is 55.8 Å². The van der Waals surface area contributed by atoms with E-state index < -0.39 is 0 Å². The molecule has 0 aromatic heterocycles. The molecule has 12 nitrogen and oxygen atoms in total. The van der Waals surface area contributed by atoms with E-state index in [1.807, 2.05) is 0 Å². The van der Waals surface area contributed by atoms with Crippen LogP contribution in [0.15, 0.2) is 0 Å². The summed E-state index contributed by atoms with van der Waals surface area (Å²) in [4.78, 5) is 0. The summed E-state index contributed by atoms with van der Waals surface area (Å²) in [6.45, 7) is 54.0. The van der Waals surface area contributed by atoms with Gasteiger partial charge in [0.25, 0.3) is 0 Å². The van der Waals surface area contributed by atoms with Crippen LogP contribution in [0.3, 0.4) is 0 Å². The van der Waals surface area contributed by atoms with E-state index in [1.165, 1.54) is 12.8 Å². The average Bonchev–Trinajstić information content (AvgIpc) is 3.04. The number of hydrogen-bond acceptors (Lipinski definition) is 0. The fourth-order valence-electron chi connectivity index (χ4n) is 0.905. The fourth-order valence-corrected chi connectivity index (χ4v) is 0.905. The summed E-state index contributed by atoms with van der Waals surface area (Å²) >= 11 is 0. The van der Waals surface area contributed by atoms with Crippen molar-refractivity contribution in [2.45, 2.75) is 38.5 Å². The van der Waals surface area contributed by atoms with Crippen molar-refractivity contribution in [3.8, 4) is 23.7 Å². The van der Waals surface area contributed by atoms with Crippen molar-refractivity contribution < 1.29 is 123 Å². The molecule has 38 heavy (non-hydrogen) atoms. The SMILES string of the molecule is C1#CCCCCC#CCC1.[C-]#[O+].[C-]#[O+].[C-]#[O+].[C-]#[O+].[C-]#[O+].[C-]#[O+].[C-]#[O+].[C-]#[O+].[C-]#[O+].[C-]#[O+].[C-]#[O+].[C-]#[O+].[Co].[Co].[Co].[Co]. The first kappa shape index (κ1) is 110. The maximum atomic E-state index is 7.50. The van der Waals surface area contributed by atoms with E-state index in [2.05, 4.69) is 103 Å². The molecule has 16 heteroatoms. The molecule has 0 fully saturated rings. The standard InChI is InChI=1S/C10H12.12CO.4Co/c1-2-4-6-8-10-9-7-5-3-1;12*1-2;;;;/h1-4,9-10H2;;;;;;;;;;;;;;;;. The Labute approximate surface area is 263 Å². The minimum absolute atomic E-state index is 0. The molecule has 0 bridgehead atoms. The van der Waals surface area contributed by atoms with Crippen LogP contribution in [0.5, 0.6) is 0 Å². The van der Waals surface area contributed by atoms with Crippen LogP contribution in [0, 0.1) is 103 Å². The van der Waals surface area contributed by atoms with Gasteiger partial charge < -0.3 is 0 Å². The molecular weight excluding hydrogens is 692 g/mol. The Balaban J connectivity index is -0.0000000109. The Hall–Kier alpha value is -1.97. The Morgan fingerprint density at radius 2 is 0.342 bits per heavy atom. The van der Waals surface area contributed by atoms with Crippen molar-refractivity contribution in [1.82, 2.24) is 0 Å². The third-order valence-corrected chi connectivity index (χ3v) is 1.48. The third kappa shape index (κ3) is 576. The molecule has 0 heterocycles. The zero-order chi connectivity index (χ0) is 31.1. The zero-order valence-corrected chi connectivity index (χ0v) is 22.6. The fraction of sp³-hybridized carbons (Fsp3) is 0.273. The molecule has 0 atom stereocenters. The van der Waals surface area contributed by atoms with Gasteiger partial charge in [0.15, 0.2) is 0 Å². The Morgan fingerprint density at radius 3 is 0.474 bits per heavy atom. The van der Waals surface area contributed by atoms with Crippen molar-refractivity contribution in [1.29, 1.82) is 0 Å². The van der Waals surface area contributed by atoms with E-state index >= 15 is 0 Å². The Bertz CT molecular complexity index is 520. The van der Waals surface area contributed by atoms with Gasteiger partial charge in [0.1, 0.15) is 0 Å². The summed E-state index contributed by atoms with van der Waals surface area (Å²) in [5.41, 5.74) is 0. The third-order valence-electron chi connectivity index (χ3n) is 1.48. The van der Waals surface area contributed by atoms with Crippen LogP contribution in [0.4, 0.5) is 0 Å². The Kier molecular flexibility index (Phi) is 1830. The molecule has 1 aliphatic carbocycles. The maximum Gasteiger partial charge on any atom is 0 e. The minimum Gasteiger partial charge on any atom is 0 e. The quantitative estimate of drug-likeness (QED) is 0.200. The molecule has 0 unspecified atom stereocenters. The topological polar surface area (TPSA) is 239 Å². The second-order valence-corrected chi connectivity index (χ2v) is 2.41. The molecule has 0 aliphatic heterocycles. The molecule has 0 aromatic carbocycles. The van der Waals surface area contributed by atoms with Gasteiger partial charge in [-0.2, -0.15) is 0 Å². The van der Waals surface area contributed by atoms with Crippen LogP contribution >= 0.6 is 0 Å². The molecule has 1 rings (SSSR count). The molecule has 208 valence electrons. The van der Waals surface area contributed by atoms with Gasteiger partial charge in [-0.05, 0) is 12.8 Å². The van der Waals surface area contributed by atoms with Gasteiger partial charge in [-0.25, -0.2) is 0 Å². The summed E-state index contributed by atoms with van der Waals surface area (Å²) in [6, 6.07) is 0. The molecule has 0 aromatic rings. The van der Waals surface area contributed by atoms with E-state index in [0.717, 1.165) is 25.7 Å². The number of hydrogen-bond donors (Lipinski definition) is 0. The van der Waals surface area contributed by atoms with Crippen molar-refractivity contribution in [3.63, 3.8) is 0 Å². The second kappa shape index (κ2) is 630. The Morgan fingerprint density at radius 1 is 0.237 bits per heavy atom. The average molecular weight is 704 g/mol. The molecule has 0 saturated carbocycles. The molecule has 0 amide bonds. The van der Waals surface area contributed by atoms with Gasteiger partial charge in [0.05, 0.1) is 0 Å². The van der Waals surface area contributed by atoms with E-state index in [-0.39, 0.29) is 67.1 Å². The summed E-state index contributed by atoms with van der Waals surface area (Å²) in [5.74, 6) is 12.5. The van der Waals surface area contributed by atoms with Crippen molar-refractivity contribution >= 4 is 0 Å². The molecule has 0 N–H and O–H groups in total. The zero-order valence-electron chi connectivity index (χ0n) is 18.5.